The zero-order valence-corrected chi connectivity index (χ0v) is 11.6. The van der Waals surface area contributed by atoms with Crippen molar-refractivity contribution in [1.82, 2.24) is 0 Å². The molecule has 0 aliphatic heterocycles. The molecule has 0 aliphatic rings. The fraction of sp³-hybridized carbons (Fsp3) is 0.200. The molecule has 18 heavy (non-hydrogen) atoms. The van der Waals surface area contributed by atoms with Crippen LogP contribution in [0.4, 0.5) is 4.39 Å². The number of halogens is 2. The second-order valence-corrected chi connectivity index (χ2v) is 5.42. The maximum absolute atomic E-state index is 13.1. The van der Waals surface area contributed by atoms with Gasteiger partial charge in [0.05, 0.1) is 10.1 Å². The van der Waals surface area contributed by atoms with Gasteiger partial charge in [0, 0.05) is 6.42 Å². The van der Waals surface area contributed by atoms with Crippen LogP contribution in [0.2, 0.25) is 0 Å². The van der Waals surface area contributed by atoms with Crippen molar-refractivity contribution >= 4 is 15.9 Å². The Morgan fingerprint density at radius 3 is 2.44 bits per heavy atom. The number of hydrogen-bond donors (Lipinski definition) is 1. The van der Waals surface area contributed by atoms with Crippen molar-refractivity contribution < 1.29 is 9.50 Å². The molecule has 0 aromatic heterocycles. The van der Waals surface area contributed by atoms with Gasteiger partial charge < -0.3 is 5.11 Å². The van der Waals surface area contributed by atoms with Crippen LogP contribution in [-0.2, 0) is 12.0 Å². The third kappa shape index (κ3) is 2.98. The Morgan fingerprint density at radius 2 is 1.83 bits per heavy atom. The van der Waals surface area contributed by atoms with Gasteiger partial charge in [0.15, 0.2) is 0 Å². The average molecular weight is 309 g/mol. The number of benzene rings is 2. The first-order chi connectivity index (χ1) is 8.49. The summed E-state index contributed by atoms with van der Waals surface area (Å²) in [6.07, 6.45) is 0.440. The standard InChI is InChI=1S/C15H14BrFO/c1-15(18,12-5-3-2-4-6-12)10-11-7-8-14(17)13(16)9-11/h2-9,18H,10H2,1H3. The second kappa shape index (κ2) is 5.21. The molecule has 0 heterocycles. The molecular weight excluding hydrogens is 295 g/mol. The van der Waals surface area contributed by atoms with Gasteiger partial charge in [0.2, 0.25) is 0 Å². The normalized spacial score (nSPS) is 14.2. The molecule has 1 atom stereocenters. The van der Waals surface area contributed by atoms with Gasteiger partial charge in [-0.25, -0.2) is 4.39 Å². The van der Waals surface area contributed by atoms with E-state index in [0.717, 1.165) is 11.1 Å². The van der Waals surface area contributed by atoms with E-state index < -0.39 is 5.60 Å². The minimum absolute atomic E-state index is 0.293. The van der Waals surface area contributed by atoms with Crippen molar-refractivity contribution in [3.05, 3.63) is 69.9 Å². The average Bonchev–Trinajstić information content (AvgIpc) is 2.35. The Kier molecular flexibility index (Phi) is 3.83. The van der Waals surface area contributed by atoms with Gasteiger partial charge in [-0.05, 0) is 46.1 Å². The fourth-order valence-corrected chi connectivity index (χ4v) is 2.37. The van der Waals surface area contributed by atoms with E-state index in [1.54, 1.807) is 19.1 Å². The third-order valence-electron chi connectivity index (χ3n) is 2.93. The van der Waals surface area contributed by atoms with Gasteiger partial charge >= 0.3 is 0 Å². The van der Waals surface area contributed by atoms with Gasteiger partial charge in [-0.3, -0.25) is 0 Å². The zero-order valence-electron chi connectivity index (χ0n) is 10.0. The van der Waals surface area contributed by atoms with Crippen LogP contribution in [0.25, 0.3) is 0 Å². The van der Waals surface area contributed by atoms with Crippen LogP contribution < -0.4 is 0 Å². The van der Waals surface area contributed by atoms with Crippen LogP contribution in [0.1, 0.15) is 18.1 Å². The molecule has 0 aliphatic carbocycles. The van der Waals surface area contributed by atoms with E-state index in [1.807, 2.05) is 30.3 Å². The molecular formula is C15H14BrFO. The van der Waals surface area contributed by atoms with Gasteiger partial charge in [0.1, 0.15) is 5.82 Å². The summed E-state index contributed by atoms with van der Waals surface area (Å²) in [4.78, 5) is 0. The quantitative estimate of drug-likeness (QED) is 0.907. The van der Waals surface area contributed by atoms with Gasteiger partial charge in [0.25, 0.3) is 0 Å². The lowest BCUT2D eigenvalue weighted by Crippen LogP contribution is -2.24. The van der Waals surface area contributed by atoms with E-state index in [1.165, 1.54) is 6.07 Å². The number of rotatable bonds is 3. The molecule has 1 unspecified atom stereocenters. The highest BCUT2D eigenvalue weighted by Crippen LogP contribution is 2.27. The van der Waals surface area contributed by atoms with Crippen molar-refractivity contribution in [3.63, 3.8) is 0 Å². The van der Waals surface area contributed by atoms with Crippen LogP contribution >= 0.6 is 15.9 Å². The molecule has 0 bridgehead atoms. The van der Waals surface area contributed by atoms with Crippen LogP contribution in [0.15, 0.2) is 53.0 Å². The van der Waals surface area contributed by atoms with E-state index in [4.69, 9.17) is 0 Å². The molecule has 2 rings (SSSR count). The van der Waals surface area contributed by atoms with E-state index >= 15 is 0 Å². The summed E-state index contributed by atoms with van der Waals surface area (Å²) in [6, 6.07) is 14.3. The monoisotopic (exact) mass is 308 g/mol. The van der Waals surface area contributed by atoms with E-state index in [-0.39, 0.29) is 5.82 Å². The SMILES string of the molecule is CC(O)(Cc1ccc(F)c(Br)c1)c1ccccc1. The summed E-state index contributed by atoms with van der Waals surface area (Å²) in [5.74, 6) is -0.293. The molecule has 0 saturated carbocycles. The summed E-state index contributed by atoms with van der Waals surface area (Å²) >= 11 is 3.15. The van der Waals surface area contributed by atoms with Crippen molar-refractivity contribution in [1.29, 1.82) is 0 Å². The molecule has 1 N–H and O–H groups in total. The minimum Gasteiger partial charge on any atom is -0.385 e. The summed E-state index contributed by atoms with van der Waals surface area (Å²) in [5.41, 5.74) is 0.779. The van der Waals surface area contributed by atoms with Crippen molar-refractivity contribution in [2.45, 2.75) is 18.9 Å². The maximum atomic E-state index is 13.1. The first kappa shape index (κ1) is 13.2. The number of aliphatic hydroxyl groups is 1. The van der Waals surface area contributed by atoms with E-state index in [2.05, 4.69) is 15.9 Å². The lowest BCUT2D eigenvalue weighted by Gasteiger charge is -2.24. The molecule has 0 saturated heterocycles. The van der Waals surface area contributed by atoms with Gasteiger partial charge in [-0.15, -0.1) is 0 Å². The fourth-order valence-electron chi connectivity index (χ4n) is 1.95. The smallest absolute Gasteiger partial charge is 0.137 e. The molecule has 3 heteroatoms. The Labute approximate surface area is 114 Å². The molecule has 0 fully saturated rings. The highest BCUT2D eigenvalue weighted by atomic mass is 79.9. The lowest BCUT2D eigenvalue weighted by atomic mass is 9.89. The predicted molar refractivity (Wildman–Crippen MR) is 73.8 cm³/mol. The van der Waals surface area contributed by atoms with Gasteiger partial charge in [-0.1, -0.05) is 36.4 Å². The first-order valence-electron chi connectivity index (χ1n) is 5.71. The van der Waals surface area contributed by atoms with Crippen molar-refractivity contribution in [2.24, 2.45) is 0 Å². The van der Waals surface area contributed by atoms with E-state index in [9.17, 15) is 9.50 Å². The summed E-state index contributed by atoms with van der Waals surface area (Å²) < 4.78 is 13.6. The van der Waals surface area contributed by atoms with E-state index in [0.29, 0.717) is 10.9 Å². The summed E-state index contributed by atoms with van der Waals surface area (Å²) in [7, 11) is 0. The molecule has 0 spiro atoms. The van der Waals surface area contributed by atoms with Crippen LogP contribution in [0.5, 0.6) is 0 Å². The Morgan fingerprint density at radius 1 is 1.17 bits per heavy atom. The lowest BCUT2D eigenvalue weighted by molar-refractivity contribution is 0.0576. The Bertz CT molecular complexity index is 537. The highest BCUT2D eigenvalue weighted by molar-refractivity contribution is 9.10. The molecule has 2 aromatic rings. The molecule has 1 nitrogen and oxygen atoms in total. The van der Waals surface area contributed by atoms with Crippen LogP contribution in [0, 0.1) is 5.82 Å². The summed E-state index contributed by atoms with van der Waals surface area (Å²) in [5, 5.41) is 10.5. The molecule has 0 amide bonds. The highest BCUT2D eigenvalue weighted by Gasteiger charge is 2.23. The predicted octanol–water partition coefficient (Wildman–Crippen LogP) is 4.04. The maximum Gasteiger partial charge on any atom is 0.137 e. The molecule has 2 aromatic carbocycles. The second-order valence-electron chi connectivity index (χ2n) is 4.57. The Balaban J connectivity index is 2.25. The van der Waals surface area contributed by atoms with Gasteiger partial charge in [-0.2, -0.15) is 0 Å². The van der Waals surface area contributed by atoms with Crippen LogP contribution in [-0.4, -0.2) is 5.11 Å². The topological polar surface area (TPSA) is 20.2 Å². The van der Waals surface area contributed by atoms with Crippen molar-refractivity contribution in [2.75, 3.05) is 0 Å². The first-order valence-corrected chi connectivity index (χ1v) is 6.50. The third-order valence-corrected chi connectivity index (χ3v) is 3.54. The Hall–Kier alpha value is -1.19. The summed E-state index contributed by atoms with van der Waals surface area (Å²) in [6.45, 7) is 1.76. The zero-order chi connectivity index (χ0) is 13.2. The minimum atomic E-state index is -0.960. The largest absolute Gasteiger partial charge is 0.385 e. The van der Waals surface area contributed by atoms with Crippen molar-refractivity contribution in [3.8, 4) is 0 Å². The number of hydrogen-bond acceptors (Lipinski definition) is 1. The molecule has 94 valence electrons. The van der Waals surface area contributed by atoms with Crippen LogP contribution in [0.3, 0.4) is 0 Å². The molecule has 0 radical (unpaired) electrons.